The van der Waals surface area contributed by atoms with Crippen LogP contribution in [-0.2, 0) is 9.53 Å². The summed E-state index contributed by atoms with van der Waals surface area (Å²) in [6.45, 7) is 0.666. The van der Waals surface area contributed by atoms with E-state index in [-0.39, 0.29) is 12.0 Å². The van der Waals surface area contributed by atoms with Gasteiger partial charge in [0.15, 0.2) is 5.82 Å². The number of aromatic nitrogens is 2. The fourth-order valence-electron chi connectivity index (χ4n) is 2.04. The molecule has 17 heavy (non-hydrogen) atoms. The van der Waals surface area contributed by atoms with E-state index in [1.54, 1.807) is 0 Å². The number of ether oxygens (including phenoxy) is 1. The van der Waals surface area contributed by atoms with Gasteiger partial charge in [0.05, 0.1) is 5.52 Å². The highest BCUT2D eigenvalue weighted by Gasteiger charge is 2.24. The predicted molar refractivity (Wildman–Crippen MR) is 63.7 cm³/mol. The summed E-state index contributed by atoms with van der Waals surface area (Å²) in [4.78, 5) is 11.9. The Balaban J connectivity index is 1.82. The lowest BCUT2D eigenvalue weighted by molar-refractivity contribution is -0.124. The first-order valence-corrected chi connectivity index (χ1v) is 5.70. The summed E-state index contributed by atoms with van der Waals surface area (Å²) in [5, 5.41) is 10.7. The van der Waals surface area contributed by atoms with Crippen LogP contribution >= 0.6 is 0 Å². The quantitative estimate of drug-likeness (QED) is 0.826. The summed E-state index contributed by atoms with van der Waals surface area (Å²) in [5.41, 5.74) is 0.912. The maximum atomic E-state index is 11.9. The highest BCUT2D eigenvalue weighted by molar-refractivity contribution is 6.01. The molecule has 1 aliphatic heterocycles. The molecule has 0 spiro atoms. The molecule has 1 aromatic heterocycles. The molecule has 1 amide bonds. The first kappa shape index (κ1) is 10.3. The average Bonchev–Trinajstić information content (AvgIpc) is 2.98. The average molecular weight is 231 g/mol. The number of benzene rings is 1. The van der Waals surface area contributed by atoms with Gasteiger partial charge in [-0.25, -0.2) is 0 Å². The second-order valence-corrected chi connectivity index (χ2v) is 4.11. The van der Waals surface area contributed by atoms with Crippen molar-refractivity contribution in [2.75, 3.05) is 11.9 Å². The summed E-state index contributed by atoms with van der Waals surface area (Å²) < 4.78 is 5.33. The van der Waals surface area contributed by atoms with Crippen LogP contribution in [0.2, 0.25) is 0 Å². The lowest BCUT2D eigenvalue weighted by Crippen LogP contribution is -2.27. The number of anilines is 1. The Morgan fingerprint density at radius 1 is 1.47 bits per heavy atom. The van der Waals surface area contributed by atoms with E-state index < -0.39 is 0 Å². The Bertz CT molecular complexity index is 543. The van der Waals surface area contributed by atoms with Crippen LogP contribution in [0.1, 0.15) is 12.8 Å². The molecule has 5 heteroatoms. The lowest BCUT2D eigenvalue weighted by atomic mass is 10.2. The zero-order valence-corrected chi connectivity index (χ0v) is 9.27. The Kier molecular flexibility index (Phi) is 2.53. The summed E-state index contributed by atoms with van der Waals surface area (Å²) >= 11 is 0. The number of hydrogen-bond donors (Lipinski definition) is 2. The van der Waals surface area contributed by atoms with Crippen LogP contribution < -0.4 is 5.32 Å². The number of fused-ring (bicyclic) bond motifs is 1. The number of amides is 1. The Hall–Kier alpha value is -1.88. The zero-order valence-electron chi connectivity index (χ0n) is 9.27. The SMILES string of the molecule is O=C(Nc1n[nH]c2ccccc12)[C@@H]1CCCO1. The summed E-state index contributed by atoms with van der Waals surface area (Å²) in [7, 11) is 0. The van der Waals surface area contributed by atoms with Crippen LogP contribution in [0.4, 0.5) is 5.82 Å². The van der Waals surface area contributed by atoms with Gasteiger partial charge in [0, 0.05) is 12.0 Å². The van der Waals surface area contributed by atoms with E-state index in [1.807, 2.05) is 24.3 Å². The van der Waals surface area contributed by atoms with Gasteiger partial charge in [0.1, 0.15) is 6.10 Å². The molecule has 0 saturated carbocycles. The van der Waals surface area contributed by atoms with Crippen molar-refractivity contribution in [2.45, 2.75) is 18.9 Å². The summed E-state index contributed by atoms with van der Waals surface area (Å²) in [5.74, 6) is 0.459. The molecule has 1 saturated heterocycles. The number of aromatic amines is 1. The predicted octanol–water partition coefficient (Wildman–Crippen LogP) is 1.68. The minimum Gasteiger partial charge on any atom is -0.368 e. The van der Waals surface area contributed by atoms with Crippen molar-refractivity contribution in [1.82, 2.24) is 10.2 Å². The number of carbonyl (C=O) groups excluding carboxylic acids is 1. The van der Waals surface area contributed by atoms with E-state index in [2.05, 4.69) is 15.5 Å². The number of rotatable bonds is 2. The molecule has 2 N–H and O–H groups in total. The molecule has 3 rings (SSSR count). The maximum absolute atomic E-state index is 11.9. The van der Waals surface area contributed by atoms with Gasteiger partial charge in [0.25, 0.3) is 5.91 Å². The third kappa shape index (κ3) is 1.89. The molecule has 1 aliphatic rings. The Labute approximate surface area is 98.2 Å². The molecule has 5 nitrogen and oxygen atoms in total. The standard InChI is InChI=1S/C12H13N3O2/c16-12(10-6-3-7-17-10)13-11-8-4-1-2-5-9(8)14-15-11/h1-2,4-5,10H,3,6-7H2,(H2,13,14,15,16)/t10-/m0/s1. The molecule has 0 unspecified atom stereocenters. The number of nitrogens with zero attached hydrogens (tertiary/aromatic N) is 1. The van der Waals surface area contributed by atoms with Crippen LogP contribution in [0, 0.1) is 0 Å². The van der Waals surface area contributed by atoms with Crippen LogP contribution in [-0.4, -0.2) is 28.8 Å². The van der Waals surface area contributed by atoms with E-state index in [0.717, 1.165) is 23.7 Å². The van der Waals surface area contributed by atoms with Gasteiger partial charge < -0.3 is 10.1 Å². The Morgan fingerprint density at radius 2 is 2.35 bits per heavy atom. The molecule has 0 radical (unpaired) electrons. The van der Waals surface area contributed by atoms with Crippen LogP contribution in [0.3, 0.4) is 0 Å². The van der Waals surface area contributed by atoms with E-state index >= 15 is 0 Å². The molecular formula is C12H13N3O2. The molecule has 2 heterocycles. The van der Waals surface area contributed by atoms with Gasteiger partial charge in [-0.2, -0.15) is 5.10 Å². The van der Waals surface area contributed by atoms with Crippen molar-refractivity contribution in [3.63, 3.8) is 0 Å². The number of para-hydroxylation sites is 1. The lowest BCUT2D eigenvalue weighted by Gasteiger charge is -2.08. The Morgan fingerprint density at radius 3 is 3.18 bits per heavy atom. The number of H-pyrrole nitrogens is 1. The van der Waals surface area contributed by atoms with Crippen molar-refractivity contribution in [1.29, 1.82) is 0 Å². The monoisotopic (exact) mass is 231 g/mol. The number of carbonyl (C=O) groups is 1. The highest BCUT2D eigenvalue weighted by atomic mass is 16.5. The molecule has 1 aromatic carbocycles. The molecule has 2 aromatic rings. The first-order chi connectivity index (χ1) is 8.34. The van der Waals surface area contributed by atoms with Crippen molar-refractivity contribution in [2.24, 2.45) is 0 Å². The fraction of sp³-hybridized carbons (Fsp3) is 0.333. The molecule has 88 valence electrons. The van der Waals surface area contributed by atoms with Crippen molar-refractivity contribution < 1.29 is 9.53 Å². The molecule has 1 fully saturated rings. The second-order valence-electron chi connectivity index (χ2n) is 4.11. The van der Waals surface area contributed by atoms with Gasteiger partial charge in [-0.15, -0.1) is 0 Å². The zero-order chi connectivity index (χ0) is 11.7. The largest absolute Gasteiger partial charge is 0.368 e. The van der Waals surface area contributed by atoms with Gasteiger partial charge >= 0.3 is 0 Å². The van der Waals surface area contributed by atoms with Crippen LogP contribution in [0.15, 0.2) is 24.3 Å². The van der Waals surface area contributed by atoms with Crippen molar-refractivity contribution in [3.05, 3.63) is 24.3 Å². The second kappa shape index (κ2) is 4.18. The van der Waals surface area contributed by atoms with E-state index in [1.165, 1.54) is 0 Å². The van der Waals surface area contributed by atoms with Gasteiger partial charge in [-0.3, -0.25) is 9.89 Å². The minimum atomic E-state index is -0.328. The van der Waals surface area contributed by atoms with E-state index in [9.17, 15) is 4.79 Å². The van der Waals surface area contributed by atoms with Gasteiger partial charge in [0.2, 0.25) is 0 Å². The van der Waals surface area contributed by atoms with Crippen LogP contribution in [0.25, 0.3) is 10.9 Å². The third-order valence-corrected chi connectivity index (χ3v) is 2.93. The third-order valence-electron chi connectivity index (χ3n) is 2.93. The number of nitrogens with one attached hydrogen (secondary N) is 2. The van der Waals surface area contributed by atoms with Gasteiger partial charge in [-0.05, 0) is 25.0 Å². The van der Waals surface area contributed by atoms with E-state index in [4.69, 9.17) is 4.74 Å². The molecule has 0 aliphatic carbocycles. The molecule has 1 atom stereocenters. The van der Waals surface area contributed by atoms with Gasteiger partial charge in [-0.1, -0.05) is 12.1 Å². The summed E-state index contributed by atoms with van der Waals surface area (Å²) in [6, 6.07) is 7.68. The minimum absolute atomic E-state index is 0.111. The summed E-state index contributed by atoms with van der Waals surface area (Å²) in [6.07, 6.45) is 1.40. The smallest absolute Gasteiger partial charge is 0.254 e. The molecular weight excluding hydrogens is 218 g/mol. The fourth-order valence-corrected chi connectivity index (χ4v) is 2.04. The highest BCUT2D eigenvalue weighted by Crippen LogP contribution is 2.21. The van der Waals surface area contributed by atoms with Crippen LogP contribution in [0.5, 0.6) is 0 Å². The molecule has 0 bridgehead atoms. The topological polar surface area (TPSA) is 67.0 Å². The normalized spacial score (nSPS) is 19.6. The first-order valence-electron chi connectivity index (χ1n) is 5.70. The van der Waals surface area contributed by atoms with E-state index in [0.29, 0.717) is 12.4 Å². The maximum Gasteiger partial charge on any atom is 0.254 e. The number of hydrogen-bond acceptors (Lipinski definition) is 3. The van der Waals surface area contributed by atoms with Crippen molar-refractivity contribution >= 4 is 22.6 Å². The van der Waals surface area contributed by atoms with Crippen molar-refractivity contribution in [3.8, 4) is 0 Å².